The van der Waals surface area contributed by atoms with E-state index in [-0.39, 0.29) is 30.2 Å². The number of amides is 3. The molecule has 0 aromatic heterocycles. The van der Waals surface area contributed by atoms with Gasteiger partial charge in [-0.25, -0.2) is 4.58 Å². The molecule has 198 valence electrons. The van der Waals surface area contributed by atoms with E-state index in [0.29, 0.717) is 30.0 Å². The minimum absolute atomic E-state index is 0.0800. The molecule has 37 heavy (non-hydrogen) atoms. The van der Waals surface area contributed by atoms with Crippen molar-refractivity contribution < 1.29 is 23.7 Å². The van der Waals surface area contributed by atoms with Gasteiger partial charge in [0.05, 0.1) is 0 Å². The highest BCUT2D eigenvalue weighted by atomic mass is 16.5. The molecule has 3 saturated heterocycles. The number of ether oxygens (including phenoxy) is 1. The molecule has 1 N–H and O–H groups in total. The molecule has 0 radical (unpaired) electrons. The van der Waals surface area contributed by atoms with E-state index >= 15 is 0 Å². The Morgan fingerprint density at radius 1 is 1.03 bits per heavy atom. The highest BCUT2D eigenvalue weighted by Crippen LogP contribution is 2.33. The number of imide groups is 1. The molecule has 1 aromatic rings. The number of rotatable bonds is 4. The van der Waals surface area contributed by atoms with E-state index in [2.05, 4.69) is 28.6 Å². The van der Waals surface area contributed by atoms with Crippen molar-refractivity contribution in [1.29, 1.82) is 0 Å². The van der Waals surface area contributed by atoms with Crippen molar-refractivity contribution in [3.8, 4) is 5.75 Å². The topological polar surface area (TPSA) is 82.0 Å². The Balaban J connectivity index is 1.12. The van der Waals surface area contributed by atoms with E-state index in [4.69, 9.17) is 4.74 Å². The van der Waals surface area contributed by atoms with Crippen molar-refractivity contribution in [1.82, 2.24) is 15.1 Å². The summed E-state index contributed by atoms with van der Waals surface area (Å²) in [7, 11) is 0. The Morgan fingerprint density at radius 2 is 1.81 bits per heavy atom. The van der Waals surface area contributed by atoms with Gasteiger partial charge in [0.15, 0.2) is 24.9 Å². The van der Waals surface area contributed by atoms with Gasteiger partial charge >= 0.3 is 0 Å². The van der Waals surface area contributed by atoms with Gasteiger partial charge < -0.3 is 9.64 Å². The fraction of sp³-hybridized carbons (Fsp3) is 0.655. The van der Waals surface area contributed by atoms with Gasteiger partial charge in [0.2, 0.25) is 11.8 Å². The fourth-order valence-corrected chi connectivity index (χ4v) is 6.66. The summed E-state index contributed by atoms with van der Waals surface area (Å²) in [6, 6.07) is 5.77. The summed E-state index contributed by atoms with van der Waals surface area (Å²) in [4.78, 5) is 41.2. The zero-order valence-electron chi connectivity index (χ0n) is 22.1. The molecule has 4 fully saturated rings. The predicted octanol–water partition coefficient (Wildman–Crippen LogP) is 2.73. The molecule has 4 heterocycles. The maximum Gasteiger partial charge on any atom is 0.255 e. The van der Waals surface area contributed by atoms with Crippen molar-refractivity contribution in [2.24, 2.45) is 5.41 Å². The van der Waals surface area contributed by atoms with Gasteiger partial charge in [0, 0.05) is 24.9 Å². The van der Waals surface area contributed by atoms with Crippen molar-refractivity contribution >= 4 is 23.4 Å². The smallest absolute Gasteiger partial charge is 0.255 e. The first-order valence-electron chi connectivity index (χ1n) is 14.1. The zero-order valence-corrected chi connectivity index (χ0v) is 22.1. The van der Waals surface area contributed by atoms with E-state index in [1.54, 1.807) is 4.90 Å². The second-order valence-electron chi connectivity index (χ2n) is 12.3. The first-order chi connectivity index (χ1) is 17.8. The van der Waals surface area contributed by atoms with Crippen LogP contribution in [0.5, 0.6) is 5.75 Å². The molecular weight excluding hydrogens is 468 g/mol. The number of fused-ring (bicyclic) bond motifs is 1. The molecule has 5 aliphatic rings. The molecule has 8 heteroatoms. The van der Waals surface area contributed by atoms with Gasteiger partial charge in [-0.1, -0.05) is 13.8 Å². The van der Waals surface area contributed by atoms with Crippen LogP contribution in [0, 0.1) is 5.41 Å². The van der Waals surface area contributed by atoms with Crippen LogP contribution in [0.4, 0.5) is 0 Å². The Hall–Kier alpha value is -2.74. The fourth-order valence-electron chi connectivity index (χ4n) is 6.66. The highest BCUT2D eigenvalue weighted by Gasteiger charge is 2.43. The Bertz CT molecular complexity index is 1140. The van der Waals surface area contributed by atoms with Gasteiger partial charge in [0.1, 0.15) is 17.8 Å². The average Bonchev–Trinajstić information content (AvgIpc) is 3.15. The van der Waals surface area contributed by atoms with E-state index in [1.165, 1.54) is 44.5 Å². The van der Waals surface area contributed by atoms with Gasteiger partial charge in [-0.15, -0.1) is 0 Å². The van der Waals surface area contributed by atoms with Gasteiger partial charge in [-0.05, 0) is 80.8 Å². The van der Waals surface area contributed by atoms with E-state index in [9.17, 15) is 14.4 Å². The van der Waals surface area contributed by atoms with Crippen LogP contribution in [0.2, 0.25) is 0 Å². The summed E-state index contributed by atoms with van der Waals surface area (Å²) in [6.07, 6.45) is 7.79. The maximum absolute atomic E-state index is 13.0. The van der Waals surface area contributed by atoms with Crippen LogP contribution in [0.3, 0.4) is 0 Å². The molecule has 0 bridgehead atoms. The molecule has 0 spiro atoms. The molecule has 1 saturated carbocycles. The standard InChI is InChI=1S/C29H38N4O4/c1-29(2)11-13-31(14-12-29)20-17-32(18-20)23-5-3-4-6-25(23)37-21-7-8-22-19(15-21)16-33(28(22)36)24-9-10-26(34)30-27(24)35/h7-8,15,20,24-25H,3-6,9-14,16-18H2,1-2H3/p+1/t20?,24?,25-/m0/s1. The molecule has 1 aromatic carbocycles. The molecule has 1 aliphatic carbocycles. The number of piperidine rings is 2. The maximum atomic E-state index is 13.0. The average molecular weight is 508 g/mol. The molecule has 3 amide bonds. The van der Waals surface area contributed by atoms with Crippen molar-refractivity contribution in [2.75, 3.05) is 26.2 Å². The number of nitrogens with zero attached hydrogens (tertiary/aromatic N) is 3. The lowest BCUT2D eigenvalue weighted by Gasteiger charge is -2.43. The lowest BCUT2D eigenvalue weighted by molar-refractivity contribution is -0.603. The second kappa shape index (κ2) is 9.53. The van der Waals surface area contributed by atoms with Crippen molar-refractivity contribution in [2.45, 2.75) is 89.9 Å². The summed E-state index contributed by atoms with van der Waals surface area (Å²) >= 11 is 0. The molecule has 2 atom stereocenters. The van der Waals surface area contributed by atoms with Crippen LogP contribution in [0.25, 0.3) is 0 Å². The van der Waals surface area contributed by atoms with Gasteiger partial charge in [0.25, 0.3) is 5.91 Å². The number of benzene rings is 1. The summed E-state index contributed by atoms with van der Waals surface area (Å²) in [6.45, 7) is 9.79. The minimum atomic E-state index is -0.592. The third kappa shape index (κ3) is 4.80. The lowest BCUT2D eigenvalue weighted by Crippen LogP contribution is -2.60. The first-order valence-corrected chi connectivity index (χ1v) is 14.1. The summed E-state index contributed by atoms with van der Waals surface area (Å²) in [5.41, 5.74) is 3.43. The van der Waals surface area contributed by atoms with Crippen LogP contribution >= 0.6 is 0 Å². The molecule has 4 aliphatic heterocycles. The van der Waals surface area contributed by atoms with Crippen molar-refractivity contribution in [3.63, 3.8) is 0 Å². The largest absolute Gasteiger partial charge is 0.480 e. The van der Waals surface area contributed by atoms with Crippen LogP contribution < -0.4 is 10.1 Å². The molecular formula is C29H39N4O4+. The molecule has 8 nitrogen and oxygen atoms in total. The molecule has 6 rings (SSSR count). The summed E-state index contributed by atoms with van der Waals surface area (Å²) in [5, 5.41) is 2.37. The Morgan fingerprint density at radius 3 is 2.57 bits per heavy atom. The number of carbonyl (C=O) groups excluding carboxylic acids is 3. The number of likely N-dealkylation sites (tertiary alicyclic amines) is 1. The zero-order chi connectivity index (χ0) is 25.7. The third-order valence-electron chi connectivity index (χ3n) is 9.23. The van der Waals surface area contributed by atoms with Crippen LogP contribution in [0.1, 0.15) is 81.1 Å². The highest BCUT2D eigenvalue weighted by molar-refractivity contribution is 6.05. The SMILES string of the molecule is CC1(C)CCN(C2C[N+](=C3CCCC[C@@H]3Oc3ccc4c(c3)CN(C3CCC(=O)NC3=O)C4=O)C2)CC1. The summed E-state index contributed by atoms with van der Waals surface area (Å²) in [5.74, 6) is -0.00410. The van der Waals surface area contributed by atoms with E-state index in [1.807, 2.05) is 18.2 Å². The van der Waals surface area contributed by atoms with Gasteiger partial charge in [-0.3, -0.25) is 24.6 Å². The predicted molar refractivity (Wildman–Crippen MR) is 139 cm³/mol. The first kappa shape index (κ1) is 24.6. The van der Waals surface area contributed by atoms with Crippen molar-refractivity contribution in [3.05, 3.63) is 29.3 Å². The lowest BCUT2D eigenvalue weighted by atomic mass is 9.82. The monoisotopic (exact) mass is 507 g/mol. The van der Waals surface area contributed by atoms with E-state index < -0.39 is 6.04 Å². The Kier molecular flexibility index (Phi) is 6.33. The minimum Gasteiger partial charge on any atom is -0.480 e. The quantitative estimate of drug-likeness (QED) is 0.501. The number of hydrogen-bond donors (Lipinski definition) is 1. The number of hydrogen-bond acceptors (Lipinski definition) is 5. The number of carbonyl (C=O) groups is 3. The van der Waals surface area contributed by atoms with E-state index in [0.717, 1.165) is 37.2 Å². The van der Waals surface area contributed by atoms with Gasteiger partial charge in [-0.2, -0.15) is 0 Å². The van der Waals surface area contributed by atoms with Crippen LogP contribution in [0.15, 0.2) is 18.2 Å². The third-order valence-corrected chi connectivity index (χ3v) is 9.23. The normalized spacial score (nSPS) is 30.2. The van der Waals surface area contributed by atoms with Crippen LogP contribution in [-0.4, -0.2) is 82.2 Å². The van der Waals surface area contributed by atoms with Crippen LogP contribution in [-0.2, 0) is 16.1 Å². The number of nitrogens with one attached hydrogen (secondary N) is 1. The second-order valence-corrected chi connectivity index (χ2v) is 12.3. The summed E-state index contributed by atoms with van der Waals surface area (Å²) < 4.78 is 9.11. The molecule has 1 unspecified atom stereocenters. The Labute approximate surface area is 219 Å².